The van der Waals surface area contributed by atoms with Crippen molar-refractivity contribution in [3.63, 3.8) is 0 Å². The number of carbonyl (C=O) groups is 1. The van der Waals surface area contributed by atoms with Gasteiger partial charge in [-0.25, -0.2) is 9.88 Å². The summed E-state index contributed by atoms with van der Waals surface area (Å²) in [5.41, 5.74) is 2.25. The Morgan fingerprint density at radius 2 is 2.16 bits per heavy atom. The predicted molar refractivity (Wildman–Crippen MR) is 122 cm³/mol. The summed E-state index contributed by atoms with van der Waals surface area (Å²) in [5, 5.41) is 18.5. The molecule has 1 aliphatic rings. The van der Waals surface area contributed by atoms with Gasteiger partial charge in [0.2, 0.25) is 5.91 Å². The highest BCUT2D eigenvalue weighted by molar-refractivity contribution is 7.99. The molecular formula is C23H21ClN4O3S. The van der Waals surface area contributed by atoms with E-state index < -0.39 is 12.0 Å². The number of rotatable bonds is 6. The topological polar surface area (TPSA) is 82.3 Å². The summed E-state index contributed by atoms with van der Waals surface area (Å²) in [6, 6.07) is 12.6. The lowest BCUT2D eigenvalue weighted by Crippen LogP contribution is -2.59. The van der Waals surface area contributed by atoms with Gasteiger partial charge in [-0.15, -0.1) is 6.58 Å². The molecule has 0 saturated heterocycles. The Morgan fingerprint density at radius 3 is 2.84 bits per heavy atom. The normalized spacial score (nSPS) is 14.5. The van der Waals surface area contributed by atoms with Crippen LogP contribution in [0.1, 0.15) is 25.1 Å². The quantitative estimate of drug-likeness (QED) is 0.311. The first-order valence-corrected chi connectivity index (χ1v) is 11.4. The standard InChI is InChI=1S/C23H21ClN4O3S/c1-4-12-32-23-25-21(30)20-15-8-6-7-9-17(15)27(19(29)5-2)22(28(20)26-23)14-10-11-18(31-3)16(24)13-14/h4,6-11,13,22H,1,5,12H2,2-3H3. The fraction of sp³-hybridized carbons (Fsp3) is 0.217. The van der Waals surface area contributed by atoms with Crippen molar-refractivity contribution < 1.29 is 19.3 Å². The molecule has 32 heavy (non-hydrogen) atoms. The number of nitrogens with zero attached hydrogens (tertiary/aromatic N) is 4. The number of thioether (sulfide) groups is 1. The highest BCUT2D eigenvalue weighted by Crippen LogP contribution is 2.42. The molecule has 0 fully saturated rings. The molecule has 7 nitrogen and oxygen atoms in total. The van der Waals surface area contributed by atoms with Crippen LogP contribution in [-0.2, 0) is 4.79 Å². The van der Waals surface area contributed by atoms with Crippen LogP contribution in [0.5, 0.6) is 11.6 Å². The molecule has 0 radical (unpaired) electrons. The largest absolute Gasteiger partial charge is 0.854 e. The Balaban J connectivity index is 2.02. The lowest BCUT2D eigenvalue weighted by atomic mass is 10.0. The highest BCUT2D eigenvalue weighted by Gasteiger charge is 2.44. The van der Waals surface area contributed by atoms with Crippen LogP contribution in [0.25, 0.3) is 11.3 Å². The molecule has 1 aromatic heterocycles. The number of methoxy groups -OCH3 is 1. The fourth-order valence-corrected chi connectivity index (χ4v) is 4.54. The van der Waals surface area contributed by atoms with E-state index in [0.29, 0.717) is 44.2 Å². The molecule has 164 valence electrons. The molecule has 3 aromatic rings. The van der Waals surface area contributed by atoms with E-state index in [4.69, 9.17) is 16.3 Å². The number of aromatic nitrogens is 3. The number of halogens is 1. The van der Waals surface area contributed by atoms with Gasteiger partial charge in [0, 0.05) is 22.8 Å². The van der Waals surface area contributed by atoms with Crippen molar-refractivity contribution in [2.45, 2.75) is 24.7 Å². The number of para-hydroxylation sites is 1. The summed E-state index contributed by atoms with van der Waals surface area (Å²) < 4.78 is 6.86. The Bertz CT molecular complexity index is 1200. The third kappa shape index (κ3) is 3.80. The van der Waals surface area contributed by atoms with E-state index in [9.17, 15) is 9.90 Å². The molecule has 1 unspecified atom stereocenters. The van der Waals surface area contributed by atoms with Crippen molar-refractivity contribution in [3.05, 3.63) is 65.7 Å². The minimum absolute atomic E-state index is 0.112. The number of fused-ring (bicyclic) bond motifs is 3. The molecule has 2 heterocycles. The molecule has 0 bridgehead atoms. The summed E-state index contributed by atoms with van der Waals surface area (Å²) in [6.45, 7) is 5.51. The van der Waals surface area contributed by atoms with E-state index in [1.165, 1.54) is 18.9 Å². The molecule has 0 saturated carbocycles. The molecular weight excluding hydrogens is 448 g/mol. The zero-order valence-electron chi connectivity index (χ0n) is 17.6. The smallest absolute Gasteiger partial charge is 0.293 e. The minimum Gasteiger partial charge on any atom is -0.854 e. The summed E-state index contributed by atoms with van der Waals surface area (Å²) in [6.07, 6.45) is 1.28. The molecule has 9 heteroatoms. The molecule has 1 aliphatic heterocycles. The zero-order chi connectivity index (χ0) is 22.8. The van der Waals surface area contributed by atoms with Crippen LogP contribution >= 0.6 is 23.4 Å². The van der Waals surface area contributed by atoms with Gasteiger partial charge in [0.15, 0.2) is 0 Å². The summed E-state index contributed by atoms with van der Waals surface area (Å²) in [5.74, 6) is 0.539. The monoisotopic (exact) mass is 468 g/mol. The van der Waals surface area contributed by atoms with Crippen LogP contribution in [0.15, 0.2) is 60.3 Å². The third-order valence-corrected chi connectivity index (χ3v) is 6.22. The zero-order valence-corrected chi connectivity index (χ0v) is 19.2. The third-order valence-electron chi connectivity index (χ3n) is 5.09. The first kappa shape index (κ1) is 22.1. The minimum atomic E-state index is -0.713. The van der Waals surface area contributed by atoms with Crippen LogP contribution in [0.2, 0.25) is 5.02 Å². The summed E-state index contributed by atoms with van der Waals surface area (Å²) >= 11 is 7.72. The first-order valence-electron chi connectivity index (χ1n) is 9.99. The summed E-state index contributed by atoms with van der Waals surface area (Å²) in [7, 11) is 1.54. The van der Waals surface area contributed by atoms with E-state index in [-0.39, 0.29) is 12.3 Å². The fourth-order valence-electron chi connectivity index (χ4n) is 3.71. The van der Waals surface area contributed by atoms with Crippen molar-refractivity contribution in [2.24, 2.45) is 0 Å². The van der Waals surface area contributed by atoms with Crippen molar-refractivity contribution in [2.75, 3.05) is 17.8 Å². The molecule has 1 atom stereocenters. The van der Waals surface area contributed by atoms with Crippen molar-refractivity contribution in [1.29, 1.82) is 0 Å². The van der Waals surface area contributed by atoms with Crippen molar-refractivity contribution in [1.82, 2.24) is 10.1 Å². The first-order chi connectivity index (χ1) is 15.5. The van der Waals surface area contributed by atoms with Gasteiger partial charge in [0.05, 0.1) is 29.3 Å². The van der Waals surface area contributed by atoms with Crippen LogP contribution < -0.4 is 19.4 Å². The van der Waals surface area contributed by atoms with Gasteiger partial charge < -0.3 is 9.84 Å². The van der Waals surface area contributed by atoms with Gasteiger partial charge in [0.1, 0.15) is 5.75 Å². The Hall–Kier alpha value is -3.10. The Kier molecular flexibility index (Phi) is 6.34. The second-order valence-corrected chi connectivity index (χ2v) is 8.39. The Morgan fingerprint density at radius 1 is 1.38 bits per heavy atom. The van der Waals surface area contributed by atoms with E-state index in [0.717, 1.165) is 0 Å². The van der Waals surface area contributed by atoms with Crippen LogP contribution in [0.3, 0.4) is 0 Å². The van der Waals surface area contributed by atoms with E-state index >= 15 is 0 Å². The van der Waals surface area contributed by atoms with Crippen molar-refractivity contribution in [3.8, 4) is 22.9 Å². The maximum absolute atomic E-state index is 13.2. The van der Waals surface area contributed by atoms with Gasteiger partial charge in [-0.3, -0.25) is 4.79 Å². The van der Waals surface area contributed by atoms with E-state index in [1.807, 2.05) is 24.3 Å². The highest BCUT2D eigenvalue weighted by atomic mass is 35.5. The molecule has 0 spiro atoms. The van der Waals surface area contributed by atoms with Gasteiger partial charge in [0.25, 0.3) is 17.0 Å². The van der Waals surface area contributed by atoms with E-state index in [1.54, 1.807) is 40.8 Å². The maximum atomic E-state index is 13.2. The Labute approximate surface area is 195 Å². The number of carbonyl (C=O) groups excluding carboxylic acids is 1. The van der Waals surface area contributed by atoms with Gasteiger partial charge >= 0.3 is 0 Å². The molecule has 0 N–H and O–H groups in total. The summed E-state index contributed by atoms with van der Waals surface area (Å²) in [4.78, 5) is 19.0. The van der Waals surface area contributed by atoms with Crippen LogP contribution in [0.4, 0.5) is 5.69 Å². The van der Waals surface area contributed by atoms with Crippen molar-refractivity contribution >= 4 is 35.0 Å². The SMILES string of the molecule is C=CCSc1nc([O-])c2[n+](n1)C(c1ccc(OC)c(Cl)c1)N(C(=O)CC)c1ccccc1-2. The molecule has 0 aliphatic carbocycles. The molecule has 2 aromatic carbocycles. The number of hydrogen-bond acceptors (Lipinski definition) is 6. The number of anilines is 1. The molecule has 1 amide bonds. The lowest BCUT2D eigenvalue weighted by molar-refractivity contribution is -0.764. The van der Waals surface area contributed by atoms with E-state index in [2.05, 4.69) is 16.7 Å². The second kappa shape index (κ2) is 9.18. The lowest BCUT2D eigenvalue weighted by Gasteiger charge is -2.33. The molecule has 4 rings (SSSR count). The van der Waals surface area contributed by atoms with Crippen LogP contribution in [-0.4, -0.2) is 28.9 Å². The van der Waals surface area contributed by atoms with Gasteiger partial charge in [-0.1, -0.05) is 53.2 Å². The number of benzene rings is 2. The van der Waals surface area contributed by atoms with Gasteiger partial charge in [-0.2, -0.15) is 0 Å². The number of ether oxygens (including phenoxy) is 1. The second-order valence-electron chi connectivity index (χ2n) is 6.99. The average Bonchev–Trinajstić information content (AvgIpc) is 2.81. The van der Waals surface area contributed by atoms with Crippen LogP contribution in [0, 0.1) is 0 Å². The van der Waals surface area contributed by atoms with Gasteiger partial charge in [-0.05, 0) is 30.3 Å². The number of hydrogen-bond donors (Lipinski definition) is 0. The maximum Gasteiger partial charge on any atom is 0.293 e. The predicted octanol–water partition coefficient (Wildman–Crippen LogP) is 3.75. The average molecular weight is 469 g/mol. The number of amides is 1.